The molecule has 0 saturated carbocycles. The highest BCUT2D eigenvalue weighted by Gasteiger charge is 2.53. The van der Waals surface area contributed by atoms with Gasteiger partial charge >= 0.3 is 18.1 Å². The predicted octanol–water partition coefficient (Wildman–Crippen LogP) is -0.00610. The van der Waals surface area contributed by atoms with E-state index in [1.807, 2.05) is 0 Å². The number of amides is 3. The number of hydrogen-bond acceptors (Lipinski definition) is 5. The first-order chi connectivity index (χ1) is 10.2. The molecule has 0 aromatic rings. The number of esters is 1. The molecule has 0 aliphatic carbocycles. The first kappa shape index (κ1) is 16.1. The molecule has 2 rings (SSSR count). The zero-order valence-corrected chi connectivity index (χ0v) is 11.9. The van der Waals surface area contributed by atoms with Crippen LogP contribution in [0.3, 0.4) is 0 Å². The smallest absolute Gasteiger partial charge is 0.460 e. The highest BCUT2D eigenvalue weighted by atomic mass is 19.3. The SMILES string of the molecule is CCOC(=O)C(F)(F)ON1C(=O)N2C[C@H]1C(C)=C[C@H]2C(N)=O. The van der Waals surface area contributed by atoms with Crippen LogP contribution in [0.2, 0.25) is 0 Å². The molecule has 2 bridgehead atoms. The normalized spacial score (nSPS) is 24.4. The number of nitrogens with two attached hydrogens (primary N) is 1. The summed E-state index contributed by atoms with van der Waals surface area (Å²) < 4.78 is 31.5. The van der Waals surface area contributed by atoms with Crippen molar-refractivity contribution in [2.75, 3.05) is 13.2 Å². The minimum atomic E-state index is -4.31. The molecule has 122 valence electrons. The Hall–Kier alpha value is -2.23. The fourth-order valence-electron chi connectivity index (χ4n) is 2.32. The van der Waals surface area contributed by atoms with Gasteiger partial charge in [0, 0.05) is 0 Å². The number of fused-ring (bicyclic) bond motifs is 2. The van der Waals surface area contributed by atoms with E-state index >= 15 is 0 Å². The molecular formula is C12H15F2N3O5. The van der Waals surface area contributed by atoms with E-state index in [9.17, 15) is 23.2 Å². The number of alkyl halides is 2. The Balaban J connectivity index is 2.21. The number of rotatable bonds is 5. The molecule has 0 spiro atoms. The zero-order chi connectivity index (χ0) is 16.7. The average Bonchev–Trinajstić information content (AvgIpc) is 2.69. The molecule has 0 aromatic heterocycles. The molecule has 10 heteroatoms. The zero-order valence-electron chi connectivity index (χ0n) is 11.9. The van der Waals surface area contributed by atoms with Crippen LogP contribution < -0.4 is 5.73 Å². The molecule has 2 aliphatic heterocycles. The predicted molar refractivity (Wildman–Crippen MR) is 67.1 cm³/mol. The summed E-state index contributed by atoms with van der Waals surface area (Å²) in [5, 5.41) is 0.381. The van der Waals surface area contributed by atoms with E-state index in [-0.39, 0.29) is 13.2 Å². The fraction of sp³-hybridized carbons (Fsp3) is 0.583. The van der Waals surface area contributed by atoms with Gasteiger partial charge in [-0.15, -0.1) is 0 Å². The van der Waals surface area contributed by atoms with Gasteiger partial charge in [0.2, 0.25) is 5.91 Å². The quantitative estimate of drug-likeness (QED) is 0.567. The van der Waals surface area contributed by atoms with E-state index in [1.54, 1.807) is 6.92 Å². The molecular weight excluding hydrogens is 304 g/mol. The second-order valence-corrected chi connectivity index (χ2v) is 4.86. The molecule has 2 atom stereocenters. The number of halogens is 2. The third kappa shape index (κ3) is 2.61. The van der Waals surface area contributed by atoms with Gasteiger partial charge in [-0.3, -0.25) is 4.79 Å². The Morgan fingerprint density at radius 2 is 2.14 bits per heavy atom. The number of urea groups is 1. The van der Waals surface area contributed by atoms with Crippen molar-refractivity contribution in [3.05, 3.63) is 11.6 Å². The lowest BCUT2D eigenvalue weighted by atomic mass is 10.0. The van der Waals surface area contributed by atoms with Gasteiger partial charge in [-0.2, -0.15) is 18.7 Å². The van der Waals surface area contributed by atoms with Gasteiger partial charge < -0.3 is 15.4 Å². The van der Waals surface area contributed by atoms with E-state index in [0.717, 1.165) is 4.90 Å². The Labute approximate surface area is 124 Å². The fourth-order valence-corrected chi connectivity index (χ4v) is 2.32. The van der Waals surface area contributed by atoms with Gasteiger partial charge in [-0.1, -0.05) is 6.08 Å². The van der Waals surface area contributed by atoms with Crippen LogP contribution in [0.25, 0.3) is 0 Å². The number of ether oxygens (including phenoxy) is 1. The number of hydrogen-bond donors (Lipinski definition) is 1. The highest BCUT2D eigenvalue weighted by Crippen LogP contribution is 2.33. The summed E-state index contributed by atoms with van der Waals surface area (Å²) in [6.45, 7) is 2.62. The molecule has 22 heavy (non-hydrogen) atoms. The summed E-state index contributed by atoms with van der Waals surface area (Å²) in [5.74, 6) is -2.68. The third-order valence-corrected chi connectivity index (χ3v) is 3.39. The minimum Gasteiger partial charge on any atom is -0.460 e. The van der Waals surface area contributed by atoms with Gasteiger partial charge in [0.15, 0.2) is 0 Å². The summed E-state index contributed by atoms with van der Waals surface area (Å²) >= 11 is 0. The summed E-state index contributed by atoms with van der Waals surface area (Å²) in [7, 11) is 0. The summed E-state index contributed by atoms with van der Waals surface area (Å²) in [6.07, 6.45) is -2.91. The number of primary amides is 1. The monoisotopic (exact) mass is 319 g/mol. The van der Waals surface area contributed by atoms with E-state index in [0.29, 0.717) is 10.6 Å². The molecule has 2 aliphatic rings. The van der Waals surface area contributed by atoms with Gasteiger partial charge in [-0.05, 0) is 19.4 Å². The second-order valence-electron chi connectivity index (χ2n) is 4.86. The largest absolute Gasteiger partial charge is 0.477 e. The van der Waals surface area contributed by atoms with Gasteiger partial charge in [0.1, 0.15) is 12.1 Å². The third-order valence-electron chi connectivity index (χ3n) is 3.39. The van der Waals surface area contributed by atoms with Crippen LogP contribution in [-0.4, -0.2) is 59.2 Å². The van der Waals surface area contributed by atoms with Crippen molar-refractivity contribution in [3.8, 4) is 0 Å². The van der Waals surface area contributed by atoms with E-state index in [2.05, 4.69) is 9.57 Å². The summed E-state index contributed by atoms with van der Waals surface area (Å²) in [4.78, 5) is 39.9. The maximum Gasteiger partial charge on any atom is 0.477 e. The number of carbonyl (C=O) groups excluding carboxylic acids is 3. The second kappa shape index (κ2) is 5.52. The van der Waals surface area contributed by atoms with E-state index in [1.165, 1.54) is 13.0 Å². The molecule has 2 N–H and O–H groups in total. The van der Waals surface area contributed by atoms with Crippen LogP contribution >= 0.6 is 0 Å². The van der Waals surface area contributed by atoms with Gasteiger partial charge in [0.25, 0.3) is 0 Å². The van der Waals surface area contributed by atoms with Crippen LogP contribution in [0.5, 0.6) is 0 Å². The Morgan fingerprint density at radius 3 is 2.68 bits per heavy atom. The average molecular weight is 319 g/mol. The van der Waals surface area contributed by atoms with Crippen molar-refractivity contribution >= 4 is 17.9 Å². The lowest BCUT2D eigenvalue weighted by molar-refractivity contribution is -0.326. The molecule has 1 saturated heterocycles. The maximum atomic E-state index is 13.6. The molecule has 2 heterocycles. The number of hydroxylamine groups is 2. The highest BCUT2D eigenvalue weighted by molar-refractivity contribution is 5.90. The molecule has 0 aromatic carbocycles. The van der Waals surface area contributed by atoms with Crippen molar-refractivity contribution in [3.63, 3.8) is 0 Å². The standard InChI is InChI=1S/C12H15F2N3O5/c1-3-21-10(19)12(13,14)22-17-8-5-16(11(17)20)7(9(15)18)4-6(8)2/h4,7-8H,3,5H2,1-2H3,(H2,15,18)/t7-,8-/m0/s1. The Kier molecular flexibility index (Phi) is 4.05. The topological polar surface area (TPSA) is 102 Å². The van der Waals surface area contributed by atoms with E-state index < -0.39 is 36.1 Å². The van der Waals surface area contributed by atoms with Crippen molar-refractivity contribution in [1.82, 2.24) is 9.96 Å². The van der Waals surface area contributed by atoms with Crippen molar-refractivity contribution in [2.45, 2.75) is 32.0 Å². The molecule has 0 unspecified atom stereocenters. The van der Waals surface area contributed by atoms with Crippen molar-refractivity contribution in [2.24, 2.45) is 5.73 Å². The molecule has 8 nitrogen and oxygen atoms in total. The summed E-state index contributed by atoms with van der Waals surface area (Å²) in [5.41, 5.74) is 5.64. The van der Waals surface area contributed by atoms with Crippen molar-refractivity contribution < 1.29 is 32.7 Å². The summed E-state index contributed by atoms with van der Waals surface area (Å²) in [6, 6.07) is -2.83. The van der Waals surface area contributed by atoms with Crippen LogP contribution in [0.1, 0.15) is 13.8 Å². The molecule has 3 amide bonds. The van der Waals surface area contributed by atoms with Crippen molar-refractivity contribution in [1.29, 1.82) is 0 Å². The molecule has 1 fully saturated rings. The Bertz CT molecular complexity index is 551. The number of nitrogens with zero attached hydrogens (tertiary/aromatic N) is 2. The van der Waals surface area contributed by atoms with Crippen LogP contribution in [0.15, 0.2) is 11.6 Å². The van der Waals surface area contributed by atoms with Crippen LogP contribution in [0, 0.1) is 0 Å². The molecule has 0 radical (unpaired) electrons. The lowest BCUT2D eigenvalue weighted by Gasteiger charge is -2.26. The lowest BCUT2D eigenvalue weighted by Crippen LogP contribution is -2.47. The number of carbonyl (C=O) groups is 3. The van der Waals surface area contributed by atoms with Gasteiger partial charge in [0.05, 0.1) is 13.2 Å². The Morgan fingerprint density at radius 1 is 1.50 bits per heavy atom. The first-order valence-corrected chi connectivity index (χ1v) is 6.50. The maximum absolute atomic E-state index is 13.6. The van der Waals surface area contributed by atoms with E-state index in [4.69, 9.17) is 5.73 Å². The van der Waals surface area contributed by atoms with Crippen LogP contribution in [-0.2, 0) is 19.2 Å². The minimum absolute atomic E-state index is 0.0340. The van der Waals surface area contributed by atoms with Gasteiger partial charge in [-0.25, -0.2) is 9.59 Å². The first-order valence-electron chi connectivity index (χ1n) is 6.50. The van der Waals surface area contributed by atoms with Crippen LogP contribution in [0.4, 0.5) is 13.6 Å².